The molecule has 0 aliphatic heterocycles. The third-order valence-electron chi connectivity index (χ3n) is 6.33. The first-order valence-electron chi connectivity index (χ1n) is 11.3. The molecule has 0 radical (unpaired) electrons. The molecule has 1 atom stereocenters. The van der Waals surface area contributed by atoms with Crippen LogP contribution in [-0.4, -0.2) is 37.4 Å². The van der Waals surface area contributed by atoms with Crippen molar-refractivity contribution >= 4 is 17.7 Å². The van der Waals surface area contributed by atoms with Crippen molar-refractivity contribution in [3.8, 4) is 11.4 Å². The first kappa shape index (κ1) is 21.2. The van der Waals surface area contributed by atoms with Crippen molar-refractivity contribution in [1.29, 1.82) is 0 Å². The normalized spacial score (nSPS) is 16.7. The first-order chi connectivity index (χ1) is 15.6. The van der Waals surface area contributed by atoms with Gasteiger partial charge in [0.1, 0.15) is 5.82 Å². The molecule has 32 heavy (non-hydrogen) atoms. The molecular formula is C25H27FN4OS. The van der Waals surface area contributed by atoms with Crippen molar-refractivity contribution in [2.75, 3.05) is 5.75 Å². The van der Waals surface area contributed by atoms with Gasteiger partial charge < -0.3 is 4.90 Å². The van der Waals surface area contributed by atoms with Crippen LogP contribution in [0.15, 0.2) is 59.8 Å². The SMILES string of the molecule is CC(C1CC1)N(Cc1ccccc1)C(=O)CSc1nnc(-c2ccccc2F)n1C1CC1. The van der Waals surface area contributed by atoms with Gasteiger partial charge in [0.15, 0.2) is 11.0 Å². The fourth-order valence-electron chi connectivity index (χ4n) is 4.15. The highest BCUT2D eigenvalue weighted by atomic mass is 32.2. The van der Waals surface area contributed by atoms with Crippen LogP contribution in [-0.2, 0) is 11.3 Å². The lowest BCUT2D eigenvalue weighted by Crippen LogP contribution is -2.40. The van der Waals surface area contributed by atoms with Gasteiger partial charge in [0, 0.05) is 18.6 Å². The van der Waals surface area contributed by atoms with Gasteiger partial charge >= 0.3 is 0 Å². The minimum absolute atomic E-state index is 0.107. The van der Waals surface area contributed by atoms with Crippen molar-refractivity contribution in [2.45, 2.75) is 56.4 Å². The van der Waals surface area contributed by atoms with E-state index >= 15 is 0 Å². The third-order valence-corrected chi connectivity index (χ3v) is 7.26. The number of thioether (sulfide) groups is 1. The number of nitrogens with zero attached hydrogens (tertiary/aromatic N) is 4. The van der Waals surface area contributed by atoms with E-state index < -0.39 is 0 Å². The topological polar surface area (TPSA) is 51.0 Å². The highest BCUT2D eigenvalue weighted by Crippen LogP contribution is 2.41. The van der Waals surface area contributed by atoms with Crippen LogP contribution in [0, 0.1) is 11.7 Å². The molecule has 1 amide bonds. The monoisotopic (exact) mass is 450 g/mol. The van der Waals surface area contributed by atoms with Crippen molar-refractivity contribution in [1.82, 2.24) is 19.7 Å². The lowest BCUT2D eigenvalue weighted by molar-refractivity contribution is -0.131. The summed E-state index contributed by atoms with van der Waals surface area (Å²) in [7, 11) is 0. The Hall–Kier alpha value is -2.67. The van der Waals surface area contributed by atoms with E-state index in [-0.39, 0.29) is 23.8 Å². The minimum Gasteiger partial charge on any atom is -0.335 e. The fraction of sp³-hybridized carbons (Fsp3) is 0.400. The number of hydrogen-bond acceptors (Lipinski definition) is 4. The summed E-state index contributed by atoms with van der Waals surface area (Å²) in [5.74, 6) is 1.24. The summed E-state index contributed by atoms with van der Waals surface area (Å²) < 4.78 is 16.4. The fourth-order valence-corrected chi connectivity index (χ4v) is 5.04. The number of aromatic nitrogens is 3. The lowest BCUT2D eigenvalue weighted by Gasteiger charge is -2.29. The minimum atomic E-state index is -0.304. The van der Waals surface area contributed by atoms with E-state index in [1.165, 1.54) is 30.7 Å². The molecule has 2 aliphatic carbocycles. The summed E-state index contributed by atoms with van der Waals surface area (Å²) >= 11 is 1.41. The number of hydrogen-bond donors (Lipinski definition) is 0. The Morgan fingerprint density at radius 3 is 2.50 bits per heavy atom. The van der Waals surface area contributed by atoms with E-state index in [2.05, 4.69) is 29.3 Å². The quantitative estimate of drug-likeness (QED) is 0.413. The van der Waals surface area contributed by atoms with Gasteiger partial charge in [0.2, 0.25) is 5.91 Å². The maximum Gasteiger partial charge on any atom is 0.233 e. The molecule has 1 unspecified atom stereocenters. The molecule has 0 N–H and O–H groups in total. The molecular weight excluding hydrogens is 423 g/mol. The van der Waals surface area contributed by atoms with E-state index in [0.29, 0.717) is 34.8 Å². The summed E-state index contributed by atoms with van der Waals surface area (Å²) in [4.78, 5) is 15.3. The van der Waals surface area contributed by atoms with Crippen molar-refractivity contribution in [2.24, 2.45) is 5.92 Å². The Kier molecular flexibility index (Phi) is 6.00. The number of halogens is 1. The van der Waals surface area contributed by atoms with E-state index in [1.54, 1.807) is 18.2 Å². The van der Waals surface area contributed by atoms with Crippen molar-refractivity contribution in [3.63, 3.8) is 0 Å². The Balaban J connectivity index is 1.34. The van der Waals surface area contributed by atoms with Gasteiger partial charge in [-0.2, -0.15) is 0 Å². The second-order valence-electron chi connectivity index (χ2n) is 8.76. The Labute approximate surface area is 192 Å². The number of rotatable bonds is 9. The standard InChI is InChI=1S/C25H27FN4OS/c1-17(19-11-12-19)29(15-18-7-3-2-4-8-18)23(31)16-32-25-28-27-24(30(25)20-13-14-20)21-9-5-6-10-22(21)26/h2-10,17,19-20H,11-16H2,1H3. The number of carbonyl (C=O) groups excluding carboxylic acids is 1. The van der Waals surface area contributed by atoms with Crippen molar-refractivity contribution in [3.05, 3.63) is 66.0 Å². The highest BCUT2D eigenvalue weighted by molar-refractivity contribution is 7.99. The molecule has 0 bridgehead atoms. The molecule has 2 fully saturated rings. The predicted molar refractivity (Wildman–Crippen MR) is 124 cm³/mol. The number of amides is 1. The molecule has 0 spiro atoms. The molecule has 2 aliphatic rings. The molecule has 2 aromatic carbocycles. The van der Waals surface area contributed by atoms with Crippen LogP contribution in [0.5, 0.6) is 0 Å². The molecule has 3 aromatic rings. The molecule has 5 rings (SSSR count). The second kappa shape index (κ2) is 9.06. The summed E-state index contributed by atoms with van der Waals surface area (Å²) in [6.45, 7) is 2.78. The second-order valence-corrected chi connectivity index (χ2v) is 9.70. The van der Waals surface area contributed by atoms with E-state index in [0.717, 1.165) is 18.4 Å². The van der Waals surface area contributed by atoms with Gasteiger partial charge in [-0.05, 0) is 56.2 Å². The maximum atomic E-state index is 14.4. The molecule has 1 aromatic heterocycles. The zero-order valence-corrected chi connectivity index (χ0v) is 19.0. The molecule has 7 heteroatoms. The average Bonchev–Trinajstić information content (AvgIpc) is 3.74. The van der Waals surface area contributed by atoms with E-state index in [9.17, 15) is 9.18 Å². The highest BCUT2D eigenvalue weighted by Gasteiger charge is 2.35. The van der Waals surface area contributed by atoms with Crippen LogP contribution in [0.1, 0.15) is 44.2 Å². The van der Waals surface area contributed by atoms with Gasteiger partial charge in [-0.15, -0.1) is 10.2 Å². The van der Waals surface area contributed by atoms with Gasteiger partial charge in [0.05, 0.1) is 11.3 Å². The first-order valence-corrected chi connectivity index (χ1v) is 12.3. The number of benzene rings is 2. The largest absolute Gasteiger partial charge is 0.335 e. The van der Waals surface area contributed by atoms with Crippen LogP contribution < -0.4 is 0 Å². The third kappa shape index (κ3) is 4.58. The summed E-state index contributed by atoms with van der Waals surface area (Å²) in [6.07, 6.45) is 4.43. The number of carbonyl (C=O) groups is 1. The predicted octanol–water partition coefficient (Wildman–Crippen LogP) is 5.34. The van der Waals surface area contributed by atoms with Crippen LogP contribution in [0.2, 0.25) is 0 Å². The molecule has 2 saturated carbocycles. The average molecular weight is 451 g/mol. The Bertz CT molecular complexity index is 1090. The van der Waals surface area contributed by atoms with E-state index in [1.807, 2.05) is 27.7 Å². The smallest absolute Gasteiger partial charge is 0.233 e. The van der Waals surface area contributed by atoms with Crippen LogP contribution in [0.25, 0.3) is 11.4 Å². The summed E-state index contributed by atoms with van der Waals surface area (Å²) in [6, 6.07) is 17.3. The van der Waals surface area contributed by atoms with Gasteiger partial charge in [-0.3, -0.25) is 9.36 Å². The molecule has 1 heterocycles. The van der Waals surface area contributed by atoms with Crippen LogP contribution in [0.3, 0.4) is 0 Å². The van der Waals surface area contributed by atoms with E-state index in [4.69, 9.17) is 0 Å². The Morgan fingerprint density at radius 2 is 1.81 bits per heavy atom. The summed E-state index contributed by atoms with van der Waals surface area (Å²) in [5, 5.41) is 9.33. The maximum absolute atomic E-state index is 14.4. The van der Waals surface area contributed by atoms with Gasteiger partial charge in [0.25, 0.3) is 0 Å². The van der Waals surface area contributed by atoms with Crippen LogP contribution >= 0.6 is 11.8 Å². The summed E-state index contributed by atoms with van der Waals surface area (Å²) in [5.41, 5.74) is 1.60. The van der Waals surface area contributed by atoms with Crippen LogP contribution in [0.4, 0.5) is 4.39 Å². The lowest BCUT2D eigenvalue weighted by atomic mass is 10.1. The van der Waals surface area contributed by atoms with Gasteiger partial charge in [-0.25, -0.2) is 4.39 Å². The molecule has 0 saturated heterocycles. The molecule has 166 valence electrons. The molecule has 5 nitrogen and oxygen atoms in total. The zero-order valence-electron chi connectivity index (χ0n) is 18.2. The van der Waals surface area contributed by atoms with Gasteiger partial charge in [-0.1, -0.05) is 54.2 Å². The zero-order chi connectivity index (χ0) is 22.1. The van der Waals surface area contributed by atoms with Crippen molar-refractivity contribution < 1.29 is 9.18 Å². The Morgan fingerprint density at radius 1 is 1.09 bits per heavy atom.